The lowest BCUT2D eigenvalue weighted by Crippen LogP contribution is -2.19. The minimum absolute atomic E-state index is 0.0985. The molecule has 3 aromatic carbocycles. The third-order valence-corrected chi connectivity index (χ3v) is 6.02. The SMILES string of the molecule is CCOc1ccc(-n2c(SCC(=O)N/N=C/C(Cl)=C/c3ccccc3)nnc2-c2ccccc2)cc1. The first-order chi connectivity index (χ1) is 17.6. The van der Waals surface area contributed by atoms with Crippen molar-refractivity contribution in [3.8, 4) is 22.8 Å². The standard InChI is InChI=1S/C27H24ClN5O2S/c1-2-35-24-15-13-23(14-16-24)33-26(21-11-7-4-8-12-21)31-32-27(33)36-19-25(34)30-29-18-22(28)17-20-9-5-3-6-10-20/h3-18H,2,19H2,1H3,(H,30,34)/b22-17-,29-18+. The average Bonchev–Trinajstić information content (AvgIpc) is 3.33. The van der Waals surface area contributed by atoms with Crippen LogP contribution < -0.4 is 10.2 Å². The number of allylic oxidation sites excluding steroid dienone is 1. The molecule has 0 aliphatic carbocycles. The molecule has 0 fully saturated rings. The topological polar surface area (TPSA) is 81.4 Å². The van der Waals surface area contributed by atoms with Gasteiger partial charge < -0.3 is 4.74 Å². The van der Waals surface area contributed by atoms with Crippen molar-refractivity contribution in [1.29, 1.82) is 0 Å². The molecule has 7 nitrogen and oxygen atoms in total. The Morgan fingerprint density at radius 1 is 1.03 bits per heavy atom. The highest BCUT2D eigenvalue weighted by molar-refractivity contribution is 7.99. The van der Waals surface area contributed by atoms with Gasteiger partial charge in [0.1, 0.15) is 5.75 Å². The Kier molecular flexibility index (Phi) is 8.91. The second-order valence-corrected chi connectivity index (χ2v) is 8.84. The van der Waals surface area contributed by atoms with E-state index in [1.54, 1.807) is 6.08 Å². The van der Waals surface area contributed by atoms with Crippen molar-refractivity contribution in [3.63, 3.8) is 0 Å². The van der Waals surface area contributed by atoms with Crippen LogP contribution >= 0.6 is 23.4 Å². The molecule has 4 aromatic rings. The molecular formula is C27H24ClN5O2S. The van der Waals surface area contributed by atoms with Gasteiger partial charge in [-0.1, -0.05) is 84.0 Å². The molecule has 0 saturated carbocycles. The van der Waals surface area contributed by atoms with Crippen LogP contribution in [0, 0.1) is 0 Å². The van der Waals surface area contributed by atoms with Crippen molar-refractivity contribution >= 4 is 41.6 Å². The number of hydrogen-bond donors (Lipinski definition) is 1. The number of amides is 1. The van der Waals surface area contributed by atoms with Crippen LogP contribution in [-0.4, -0.2) is 39.2 Å². The third-order valence-electron chi connectivity index (χ3n) is 4.88. The summed E-state index contributed by atoms with van der Waals surface area (Å²) in [6, 6.07) is 27.1. The smallest absolute Gasteiger partial charge is 0.250 e. The number of nitrogens with one attached hydrogen (secondary N) is 1. The summed E-state index contributed by atoms with van der Waals surface area (Å²) in [5.74, 6) is 1.27. The van der Waals surface area contributed by atoms with Crippen LogP contribution in [-0.2, 0) is 4.79 Å². The first-order valence-corrected chi connectivity index (χ1v) is 12.6. The third kappa shape index (κ3) is 6.84. The minimum Gasteiger partial charge on any atom is -0.494 e. The van der Waals surface area contributed by atoms with Crippen LogP contribution in [0.15, 0.2) is 100 Å². The van der Waals surface area contributed by atoms with E-state index in [-0.39, 0.29) is 11.7 Å². The lowest BCUT2D eigenvalue weighted by atomic mass is 10.2. The predicted octanol–water partition coefficient (Wildman–Crippen LogP) is 5.81. The summed E-state index contributed by atoms with van der Waals surface area (Å²) in [6.45, 7) is 2.53. The van der Waals surface area contributed by atoms with Crippen molar-refractivity contribution in [2.75, 3.05) is 12.4 Å². The number of ether oxygens (including phenoxy) is 1. The van der Waals surface area contributed by atoms with Gasteiger partial charge in [-0.05, 0) is 42.8 Å². The average molecular weight is 518 g/mol. The molecule has 1 heterocycles. The lowest BCUT2D eigenvalue weighted by molar-refractivity contribution is -0.118. The van der Waals surface area contributed by atoms with Gasteiger partial charge in [0.05, 0.1) is 23.6 Å². The van der Waals surface area contributed by atoms with E-state index in [1.807, 2.05) is 96.4 Å². The molecule has 0 radical (unpaired) electrons. The Bertz CT molecular complexity index is 1340. The Morgan fingerprint density at radius 3 is 2.42 bits per heavy atom. The van der Waals surface area contributed by atoms with E-state index in [0.29, 0.717) is 22.6 Å². The summed E-state index contributed by atoms with van der Waals surface area (Å²) in [7, 11) is 0. The van der Waals surface area contributed by atoms with Crippen LogP contribution in [0.1, 0.15) is 12.5 Å². The molecule has 0 saturated heterocycles. The van der Waals surface area contributed by atoms with Gasteiger partial charge in [0.15, 0.2) is 11.0 Å². The molecule has 0 aliphatic rings. The van der Waals surface area contributed by atoms with Gasteiger partial charge in [-0.15, -0.1) is 10.2 Å². The van der Waals surface area contributed by atoms with Gasteiger partial charge in [-0.3, -0.25) is 9.36 Å². The quantitative estimate of drug-likeness (QED) is 0.163. The zero-order valence-corrected chi connectivity index (χ0v) is 21.1. The van der Waals surface area contributed by atoms with Crippen molar-refractivity contribution in [2.45, 2.75) is 12.1 Å². The fraction of sp³-hybridized carbons (Fsp3) is 0.111. The molecule has 0 unspecified atom stereocenters. The monoisotopic (exact) mass is 517 g/mol. The molecule has 9 heteroatoms. The first kappa shape index (κ1) is 25.2. The Balaban J connectivity index is 1.46. The van der Waals surface area contributed by atoms with E-state index in [4.69, 9.17) is 16.3 Å². The van der Waals surface area contributed by atoms with E-state index in [2.05, 4.69) is 20.7 Å². The van der Waals surface area contributed by atoms with E-state index >= 15 is 0 Å². The maximum Gasteiger partial charge on any atom is 0.250 e. The summed E-state index contributed by atoms with van der Waals surface area (Å²) in [6.07, 6.45) is 3.16. The van der Waals surface area contributed by atoms with Crippen molar-refractivity contribution in [2.24, 2.45) is 5.10 Å². The highest BCUT2D eigenvalue weighted by Crippen LogP contribution is 2.28. The number of carbonyl (C=O) groups excluding carboxylic acids is 1. The number of aromatic nitrogens is 3. The molecule has 0 atom stereocenters. The number of carbonyl (C=O) groups is 1. The van der Waals surface area contributed by atoms with Gasteiger partial charge >= 0.3 is 0 Å². The summed E-state index contributed by atoms with van der Waals surface area (Å²) in [5, 5.41) is 13.7. The number of rotatable bonds is 10. The Morgan fingerprint density at radius 2 is 1.72 bits per heavy atom. The van der Waals surface area contributed by atoms with Crippen LogP contribution in [0.4, 0.5) is 0 Å². The first-order valence-electron chi connectivity index (χ1n) is 11.2. The number of nitrogens with zero attached hydrogens (tertiary/aromatic N) is 4. The normalized spacial score (nSPS) is 11.6. The van der Waals surface area contributed by atoms with Crippen LogP contribution in [0.5, 0.6) is 5.75 Å². The molecule has 182 valence electrons. The molecule has 4 rings (SSSR count). The fourth-order valence-electron chi connectivity index (χ4n) is 3.30. The molecular weight excluding hydrogens is 494 g/mol. The van der Waals surface area contributed by atoms with Gasteiger partial charge in [-0.25, -0.2) is 5.43 Å². The van der Waals surface area contributed by atoms with Gasteiger partial charge in [0, 0.05) is 11.3 Å². The lowest BCUT2D eigenvalue weighted by Gasteiger charge is -2.11. The van der Waals surface area contributed by atoms with Crippen molar-refractivity contribution < 1.29 is 9.53 Å². The van der Waals surface area contributed by atoms with Crippen LogP contribution in [0.3, 0.4) is 0 Å². The van der Waals surface area contributed by atoms with Gasteiger partial charge in [0.25, 0.3) is 5.91 Å². The summed E-state index contributed by atoms with van der Waals surface area (Å²) in [4.78, 5) is 12.4. The van der Waals surface area contributed by atoms with E-state index in [9.17, 15) is 4.79 Å². The van der Waals surface area contributed by atoms with E-state index in [1.165, 1.54) is 18.0 Å². The Labute approximate surface area is 218 Å². The molecule has 1 aromatic heterocycles. The van der Waals surface area contributed by atoms with Gasteiger partial charge in [0.2, 0.25) is 0 Å². The largest absolute Gasteiger partial charge is 0.494 e. The minimum atomic E-state index is -0.289. The van der Waals surface area contributed by atoms with E-state index in [0.717, 1.165) is 22.6 Å². The zero-order valence-electron chi connectivity index (χ0n) is 19.5. The van der Waals surface area contributed by atoms with Crippen molar-refractivity contribution in [3.05, 3.63) is 95.5 Å². The number of hydrogen-bond acceptors (Lipinski definition) is 6. The second kappa shape index (κ2) is 12.7. The fourth-order valence-corrected chi connectivity index (χ4v) is 4.22. The predicted molar refractivity (Wildman–Crippen MR) is 146 cm³/mol. The highest BCUT2D eigenvalue weighted by atomic mass is 35.5. The second-order valence-electron chi connectivity index (χ2n) is 7.46. The van der Waals surface area contributed by atoms with Crippen LogP contribution in [0.25, 0.3) is 23.2 Å². The summed E-state index contributed by atoms with van der Waals surface area (Å²) < 4.78 is 7.49. The maximum absolute atomic E-state index is 12.4. The maximum atomic E-state index is 12.4. The molecule has 0 bridgehead atoms. The summed E-state index contributed by atoms with van der Waals surface area (Å²) in [5.41, 5.74) is 5.22. The Hall–Kier alpha value is -3.88. The molecule has 36 heavy (non-hydrogen) atoms. The highest BCUT2D eigenvalue weighted by Gasteiger charge is 2.17. The number of benzene rings is 3. The summed E-state index contributed by atoms with van der Waals surface area (Å²) >= 11 is 7.44. The molecule has 1 N–H and O–H groups in total. The van der Waals surface area contributed by atoms with Crippen LogP contribution in [0.2, 0.25) is 0 Å². The van der Waals surface area contributed by atoms with E-state index < -0.39 is 0 Å². The molecule has 0 aliphatic heterocycles. The molecule has 0 spiro atoms. The molecule has 1 amide bonds. The van der Waals surface area contributed by atoms with Gasteiger partial charge in [-0.2, -0.15) is 5.10 Å². The number of halogens is 1. The zero-order chi connectivity index (χ0) is 25.2. The number of thioether (sulfide) groups is 1. The van der Waals surface area contributed by atoms with Crippen molar-refractivity contribution in [1.82, 2.24) is 20.2 Å². The number of hydrazone groups is 1.